The van der Waals surface area contributed by atoms with Gasteiger partial charge < -0.3 is 10.6 Å². The normalized spacial score (nSPS) is 15.5. The zero-order chi connectivity index (χ0) is 18.1. The highest BCUT2D eigenvalue weighted by molar-refractivity contribution is 5.77. The van der Waals surface area contributed by atoms with Gasteiger partial charge >= 0.3 is 0 Å². The van der Waals surface area contributed by atoms with E-state index in [2.05, 4.69) is 15.1 Å². The van der Waals surface area contributed by atoms with Crippen LogP contribution < -0.4 is 16.2 Å². The van der Waals surface area contributed by atoms with Gasteiger partial charge in [-0.1, -0.05) is 18.2 Å². The van der Waals surface area contributed by atoms with Gasteiger partial charge in [-0.2, -0.15) is 10.1 Å². The molecule has 26 heavy (non-hydrogen) atoms. The van der Waals surface area contributed by atoms with Crippen molar-refractivity contribution in [1.82, 2.24) is 24.6 Å². The molecule has 0 aliphatic carbocycles. The standard InChI is InChI=1S/C17H19N7O2/c18-14(25)11-22-6-8-23(9-7-22)17-20-15-13(16(26)21-17)10-19-24(15)12-4-2-1-3-5-12/h1-5,10H,6-9,11H2,(H2,18,25)(H,20,21,26). The zero-order valence-corrected chi connectivity index (χ0v) is 14.1. The fourth-order valence-electron chi connectivity index (χ4n) is 3.15. The van der Waals surface area contributed by atoms with Crippen LogP contribution in [-0.2, 0) is 4.79 Å². The number of H-pyrrole nitrogens is 1. The second-order valence-corrected chi connectivity index (χ2v) is 6.25. The number of piperazine rings is 1. The Balaban J connectivity index is 1.65. The van der Waals surface area contributed by atoms with Gasteiger partial charge in [0.05, 0.1) is 18.4 Å². The number of rotatable bonds is 4. The molecule has 0 saturated carbocycles. The van der Waals surface area contributed by atoms with E-state index in [9.17, 15) is 9.59 Å². The summed E-state index contributed by atoms with van der Waals surface area (Å²) in [4.78, 5) is 35.0. The summed E-state index contributed by atoms with van der Waals surface area (Å²) >= 11 is 0. The van der Waals surface area contributed by atoms with Gasteiger partial charge in [0.2, 0.25) is 11.9 Å². The molecule has 4 rings (SSSR count). The number of anilines is 1. The predicted octanol–water partition coefficient (Wildman–Crippen LogP) is -0.284. The molecule has 9 heteroatoms. The third-order valence-electron chi connectivity index (χ3n) is 4.48. The average molecular weight is 353 g/mol. The van der Waals surface area contributed by atoms with E-state index in [-0.39, 0.29) is 18.0 Å². The van der Waals surface area contributed by atoms with Crippen LogP contribution in [-0.4, -0.2) is 63.3 Å². The first kappa shape index (κ1) is 16.3. The number of nitrogens with zero attached hydrogens (tertiary/aromatic N) is 5. The fraction of sp³-hybridized carbons (Fsp3) is 0.294. The highest BCUT2D eigenvalue weighted by Gasteiger charge is 2.21. The van der Waals surface area contributed by atoms with E-state index >= 15 is 0 Å². The second-order valence-electron chi connectivity index (χ2n) is 6.25. The summed E-state index contributed by atoms with van der Waals surface area (Å²) in [7, 11) is 0. The van der Waals surface area contributed by atoms with E-state index in [1.165, 1.54) is 6.20 Å². The average Bonchev–Trinajstić information content (AvgIpc) is 3.07. The molecule has 134 valence electrons. The van der Waals surface area contributed by atoms with Gasteiger partial charge in [-0.3, -0.25) is 19.5 Å². The minimum atomic E-state index is -0.335. The molecular formula is C17H19N7O2. The maximum absolute atomic E-state index is 12.4. The van der Waals surface area contributed by atoms with Crippen LogP contribution in [0.4, 0.5) is 5.95 Å². The molecule has 1 amide bonds. The zero-order valence-electron chi connectivity index (χ0n) is 14.1. The van der Waals surface area contributed by atoms with Crippen molar-refractivity contribution in [2.24, 2.45) is 5.73 Å². The number of amides is 1. The Morgan fingerprint density at radius 1 is 1.15 bits per heavy atom. The number of nitrogens with one attached hydrogen (secondary N) is 1. The van der Waals surface area contributed by atoms with Crippen molar-refractivity contribution in [1.29, 1.82) is 0 Å². The lowest BCUT2D eigenvalue weighted by Gasteiger charge is -2.34. The van der Waals surface area contributed by atoms with Crippen LogP contribution in [0.1, 0.15) is 0 Å². The van der Waals surface area contributed by atoms with Crippen LogP contribution in [0.3, 0.4) is 0 Å². The van der Waals surface area contributed by atoms with Gasteiger partial charge in [-0.25, -0.2) is 4.68 Å². The molecule has 0 bridgehead atoms. The molecule has 9 nitrogen and oxygen atoms in total. The van der Waals surface area contributed by atoms with Crippen molar-refractivity contribution < 1.29 is 4.79 Å². The predicted molar refractivity (Wildman–Crippen MR) is 97.3 cm³/mol. The van der Waals surface area contributed by atoms with E-state index in [0.717, 1.165) is 5.69 Å². The van der Waals surface area contributed by atoms with Crippen molar-refractivity contribution in [3.8, 4) is 5.69 Å². The molecule has 3 heterocycles. The molecule has 0 unspecified atom stereocenters. The summed E-state index contributed by atoms with van der Waals surface area (Å²) in [6, 6.07) is 9.57. The lowest BCUT2D eigenvalue weighted by atomic mass is 10.3. The third kappa shape index (κ3) is 3.04. The van der Waals surface area contributed by atoms with Crippen LogP contribution in [0.5, 0.6) is 0 Å². The van der Waals surface area contributed by atoms with E-state index in [0.29, 0.717) is 43.2 Å². The first-order valence-electron chi connectivity index (χ1n) is 8.41. The molecular weight excluding hydrogens is 334 g/mol. The minimum absolute atomic E-state index is 0.216. The Morgan fingerprint density at radius 2 is 1.88 bits per heavy atom. The van der Waals surface area contributed by atoms with Gasteiger partial charge in [0, 0.05) is 26.2 Å². The first-order valence-corrected chi connectivity index (χ1v) is 8.41. The van der Waals surface area contributed by atoms with Gasteiger partial charge in [0.1, 0.15) is 5.39 Å². The van der Waals surface area contributed by atoms with Crippen molar-refractivity contribution in [2.75, 3.05) is 37.6 Å². The Morgan fingerprint density at radius 3 is 2.58 bits per heavy atom. The maximum Gasteiger partial charge on any atom is 0.263 e. The highest BCUT2D eigenvalue weighted by Crippen LogP contribution is 2.17. The summed E-state index contributed by atoms with van der Waals surface area (Å²) in [5.41, 5.74) is 6.40. The van der Waals surface area contributed by atoms with E-state index < -0.39 is 0 Å². The fourth-order valence-corrected chi connectivity index (χ4v) is 3.15. The summed E-state index contributed by atoms with van der Waals surface area (Å²) in [6.07, 6.45) is 1.53. The lowest BCUT2D eigenvalue weighted by Crippen LogP contribution is -2.49. The molecule has 1 saturated heterocycles. The number of hydrogen-bond donors (Lipinski definition) is 2. The Bertz CT molecular complexity index is 987. The summed E-state index contributed by atoms with van der Waals surface area (Å²) in [6.45, 7) is 2.92. The van der Waals surface area contributed by atoms with Crippen LogP contribution in [0, 0.1) is 0 Å². The molecule has 1 aliphatic heterocycles. The Labute approximate surface area is 149 Å². The van der Waals surface area contributed by atoms with E-state index in [1.807, 2.05) is 40.1 Å². The number of primary amides is 1. The molecule has 1 fully saturated rings. The van der Waals surface area contributed by atoms with Gasteiger partial charge in [-0.05, 0) is 12.1 Å². The van der Waals surface area contributed by atoms with Gasteiger partial charge in [0.25, 0.3) is 5.56 Å². The number of carbonyl (C=O) groups excluding carboxylic acids is 1. The summed E-state index contributed by atoms with van der Waals surface area (Å²) in [5.74, 6) is 0.178. The van der Waals surface area contributed by atoms with Crippen LogP contribution >= 0.6 is 0 Å². The van der Waals surface area contributed by atoms with Gasteiger partial charge in [0.15, 0.2) is 5.65 Å². The van der Waals surface area contributed by atoms with E-state index in [4.69, 9.17) is 5.73 Å². The van der Waals surface area contributed by atoms with Crippen LogP contribution in [0.2, 0.25) is 0 Å². The monoisotopic (exact) mass is 353 g/mol. The minimum Gasteiger partial charge on any atom is -0.369 e. The molecule has 1 aliphatic rings. The molecule has 1 aromatic carbocycles. The molecule has 0 radical (unpaired) electrons. The van der Waals surface area contributed by atoms with Crippen molar-refractivity contribution in [3.63, 3.8) is 0 Å². The molecule has 0 spiro atoms. The smallest absolute Gasteiger partial charge is 0.263 e. The molecule has 2 aromatic heterocycles. The van der Waals surface area contributed by atoms with Crippen molar-refractivity contribution >= 4 is 22.9 Å². The lowest BCUT2D eigenvalue weighted by molar-refractivity contribution is -0.119. The number of hydrogen-bond acceptors (Lipinski definition) is 6. The number of aromatic nitrogens is 4. The Kier molecular flexibility index (Phi) is 4.13. The van der Waals surface area contributed by atoms with Crippen molar-refractivity contribution in [2.45, 2.75) is 0 Å². The highest BCUT2D eigenvalue weighted by atomic mass is 16.1. The molecule has 3 aromatic rings. The number of benzene rings is 1. The largest absolute Gasteiger partial charge is 0.369 e. The number of nitrogens with two attached hydrogens (primary N) is 1. The summed E-state index contributed by atoms with van der Waals surface area (Å²) < 4.78 is 1.66. The van der Waals surface area contributed by atoms with Crippen molar-refractivity contribution in [3.05, 3.63) is 46.9 Å². The third-order valence-corrected chi connectivity index (χ3v) is 4.48. The topological polar surface area (TPSA) is 113 Å². The van der Waals surface area contributed by atoms with E-state index in [1.54, 1.807) is 4.68 Å². The quantitative estimate of drug-likeness (QED) is 0.667. The summed E-state index contributed by atoms with van der Waals surface area (Å²) in [5, 5.41) is 4.76. The van der Waals surface area contributed by atoms with Gasteiger partial charge in [-0.15, -0.1) is 0 Å². The number of aromatic amines is 1. The van der Waals surface area contributed by atoms with Crippen LogP contribution in [0.15, 0.2) is 41.3 Å². The number of carbonyl (C=O) groups is 1. The first-order chi connectivity index (χ1) is 12.6. The second kappa shape index (κ2) is 6.60. The Hall–Kier alpha value is -3.20. The molecule has 3 N–H and O–H groups in total. The van der Waals surface area contributed by atoms with Crippen LogP contribution in [0.25, 0.3) is 16.7 Å². The number of para-hydroxylation sites is 1. The SMILES string of the molecule is NC(=O)CN1CCN(c2nc3c(cnn3-c3ccccc3)c(=O)[nH]2)CC1. The number of fused-ring (bicyclic) bond motifs is 1. The molecule has 0 atom stereocenters. The maximum atomic E-state index is 12.4.